The van der Waals surface area contributed by atoms with Crippen molar-refractivity contribution in [2.24, 2.45) is 0 Å². The standard InChI is InChI=1S/C16H34BrO2P/c1-5-8-13-20(4,17,14-9-6-2)15(10-7-3)16-18-11-12-19-16/h15-16H,5-14H2,1-4H3. The molecule has 0 aromatic carbocycles. The second-order valence-corrected chi connectivity index (χ2v) is 18.5. The van der Waals surface area contributed by atoms with Gasteiger partial charge in [0.25, 0.3) is 0 Å². The third-order valence-electron chi connectivity index (χ3n) is 4.69. The summed E-state index contributed by atoms with van der Waals surface area (Å²) in [6.07, 6.45) is 10.3. The molecule has 0 bridgehead atoms. The van der Waals surface area contributed by atoms with Crippen LogP contribution in [0.4, 0.5) is 0 Å². The molecule has 1 fully saturated rings. The van der Waals surface area contributed by atoms with Crippen molar-refractivity contribution < 1.29 is 9.47 Å². The second kappa shape index (κ2) is 8.46. The second-order valence-electron chi connectivity index (χ2n) is 6.61. The third kappa shape index (κ3) is 4.93. The summed E-state index contributed by atoms with van der Waals surface area (Å²) in [7, 11) is 0. The summed E-state index contributed by atoms with van der Waals surface area (Å²) < 4.78 is 11.8. The molecule has 0 radical (unpaired) electrons. The first-order valence-electron chi connectivity index (χ1n) is 8.42. The van der Waals surface area contributed by atoms with Gasteiger partial charge in [0, 0.05) is 0 Å². The third-order valence-corrected chi connectivity index (χ3v) is 13.8. The monoisotopic (exact) mass is 368 g/mol. The van der Waals surface area contributed by atoms with Gasteiger partial charge < -0.3 is 0 Å². The summed E-state index contributed by atoms with van der Waals surface area (Å²) in [5, 5.41) is -1.93. The van der Waals surface area contributed by atoms with Gasteiger partial charge in [-0.2, -0.15) is 0 Å². The van der Waals surface area contributed by atoms with E-state index < -0.39 is 5.31 Å². The number of hydrogen-bond acceptors (Lipinski definition) is 2. The number of ether oxygens (including phenoxy) is 2. The first-order valence-corrected chi connectivity index (χ1v) is 13.6. The van der Waals surface area contributed by atoms with Crippen LogP contribution in [0.1, 0.15) is 59.3 Å². The molecule has 1 heterocycles. The van der Waals surface area contributed by atoms with Crippen molar-refractivity contribution in [2.75, 3.05) is 32.2 Å². The van der Waals surface area contributed by atoms with E-state index in [2.05, 4.69) is 42.9 Å². The van der Waals surface area contributed by atoms with E-state index in [-0.39, 0.29) is 6.29 Å². The summed E-state index contributed by atoms with van der Waals surface area (Å²) in [6, 6.07) is 0. The van der Waals surface area contributed by atoms with E-state index in [0.29, 0.717) is 5.66 Å². The van der Waals surface area contributed by atoms with Crippen LogP contribution in [0.5, 0.6) is 0 Å². The Morgan fingerprint density at radius 1 is 1.00 bits per heavy atom. The van der Waals surface area contributed by atoms with Gasteiger partial charge in [0.05, 0.1) is 0 Å². The predicted molar refractivity (Wildman–Crippen MR) is 95.7 cm³/mol. The fourth-order valence-corrected chi connectivity index (χ4v) is 11.1. The van der Waals surface area contributed by atoms with Crippen LogP contribution in [-0.2, 0) is 9.47 Å². The molecule has 1 rings (SSSR count). The fraction of sp³-hybridized carbons (Fsp3) is 1.00. The van der Waals surface area contributed by atoms with Crippen LogP contribution < -0.4 is 0 Å². The average Bonchev–Trinajstić information content (AvgIpc) is 2.94. The molecule has 20 heavy (non-hydrogen) atoms. The summed E-state index contributed by atoms with van der Waals surface area (Å²) >= 11 is 4.34. The van der Waals surface area contributed by atoms with Gasteiger partial charge in [-0.1, -0.05) is 0 Å². The van der Waals surface area contributed by atoms with Crippen molar-refractivity contribution in [3.05, 3.63) is 0 Å². The van der Waals surface area contributed by atoms with Crippen molar-refractivity contribution in [2.45, 2.75) is 71.2 Å². The quantitative estimate of drug-likeness (QED) is 0.465. The van der Waals surface area contributed by atoms with E-state index in [9.17, 15) is 0 Å². The molecule has 1 aliphatic heterocycles. The first kappa shape index (κ1) is 18.9. The predicted octanol–water partition coefficient (Wildman–Crippen LogP) is 5.62. The SMILES string of the molecule is CCCCP(C)(Br)(CCCC)C(CCC)C1OCCO1. The fourth-order valence-electron chi connectivity index (χ4n) is 3.33. The molecule has 0 aromatic heterocycles. The Bertz CT molecular complexity index is 266. The Morgan fingerprint density at radius 2 is 1.50 bits per heavy atom. The van der Waals surface area contributed by atoms with Crippen LogP contribution in [0.2, 0.25) is 0 Å². The van der Waals surface area contributed by atoms with Gasteiger partial charge in [0.1, 0.15) is 0 Å². The van der Waals surface area contributed by atoms with Gasteiger partial charge >= 0.3 is 134 Å². The normalized spacial score (nSPS) is 20.8. The first-order chi connectivity index (χ1) is 9.46. The number of hydrogen-bond donors (Lipinski definition) is 0. The zero-order chi connectivity index (χ0) is 15.1. The molecule has 0 spiro atoms. The van der Waals surface area contributed by atoms with Crippen LogP contribution in [0.25, 0.3) is 0 Å². The molecule has 1 aliphatic rings. The van der Waals surface area contributed by atoms with Crippen LogP contribution in [0.3, 0.4) is 0 Å². The summed E-state index contributed by atoms with van der Waals surface area (Å²) in [6.45, 7) is 11.0. The van der Waals surface area contributed by atoms with Gasteiger partial charge in [-0.05, 0) is 0 Å². The van der Waals surface area contributed by atoms with Gasteiger partial charge in [0.15, 0.2) is 0 Å². The van der Waals surface area contributed by atoms with E-state index in [0.717, 1.165) is 13.2 Å². The maximum atomic E-state index is 5.92. The zero-order valence-electron chi connectivity index (χ0n) is 13.9. The molecule has 1 saturated heterocycles. The molecule has 0 aliphatic carbocycles. The van der Waals surface area contributed by atoms with Gasteiger partial charge in [-0.15, -0.1) is 0 Å². The average molecular weight is 369 g/mol. The van der Waals surface area contributed by atoms with Crippen LogP contribution in [0.15, 0.2) is 0 Å². The number of unbranched alkanes of at least 4 members (excludes halogenated alkanes) is 2. The van der Waals surface area contributed by atoms with Gasteiger partial charge in [0.2, 0.25) is 0 Å². The Balaban J connectivity index is 2.94. The van der Waals surface area contributed by atoms with Crippen molar-refractivity contribution in [3.8, 4) is 0 Å². The van der Waals surface area contributed by atoms with E-state index >= 15 is 0 Å². The Morgan fingerprint density at radius 3 is 1.90 bits per heavy atom. The molecule has 0 saturated carbocycles. The molecule has 0 N–H and O–H groups in total. The van der Waals surface area contributed by atoms with Crippen molar-refractivity contribution in [3.63, 3.8) is 0 Å². The minimum atomic E-state index is -1.93. The molecule has 2 nitrogen and oxygen atoms in total. The van der Waals surface area contributed by atoms with E-state index in [1.165, 1.54) is 50.8 Å². The zero-order valence-corrected chi connectivity index (χ0v) is 16.3. The molecule has 1 unspecified atom stereocenters. The van der Waals surface area contributed by atoms with Gasteiger partial charge in [-0.3, -0.25) is 0 Å². The van der Waals surface area contributed by atoms with Crippen LogP contribution >= 0.6 is 20.8 Å². The Hall–Kier alpha value is 0.830. The molecule has 0 aromatic rings. The molecule has 1 atom stereocenters. The summed E-state index contributed by atoms with van der Waals surface area (Å²) in [5.74, 6) is 0. The van der Waals surface area contributed by atoms with E-state index in [1.807, 2.05) is 0 Å². The van der Waals surface area contributed by atoms with Crippen molar-refractivity contribution in [1.82, 2.24) is 0 Å². The minimum absolute atomic E-state index is 0.0331. The maximum absolute atomic E-state index is 5.92. The summed E-state index contributed by atoms with van der Waals surface area (Å²) in [5.41, 5.74) is 0.562. The number of rotatable bonds is 10. The molecule has 122 valence electrons. The van der Waals surface area contributed by atoms with Gasteiger partial charge in [-0.25, -0.2) is 0 Å². The van der Waals surface area contributed by atoms with E-state index in [1.54, 1.807) is 0 Å². The van der Waals surface area contributed by atoms with Crippen LogP contribution in [-0.4, -0.2) is 44.2 Å². The Labute approximate surface area is 134 Å². The molecule has 4 heteroatoms. The van der Waals surface area contributed by atoms with Crippen LogP contribution in [0, 0.1) is 0 Å². The summed E-state index contributed by atoms with van der Waals surface area (Å²) in [4.78, 5) is 0. The molecular formula is C16H34BrO2P. The topological polar surface area (TPSA) is 18.5 Å². The number of halogens is 1. The van der Waals surface area contributed by atoms with Crippen molar-refractivity contribution in [1.29, 1.82) is 0 Å². The van der Waals surface area contributed by atoms with Crippen molar-refractivity contribution >= 4 is 20.8 Å². The van der Waals surface area contributed by atoms with E-state index in [4.69, 9.17) is 9.47 Å². The molecule has 0 amide bonds. The Kier molecular flexibility index (Phi) is 7.98. The molecular weight excluding hydrogens is 335 g/mol.